The number of rotatable bonds is 8. The Hall–Kier alpha value is -5.82. The summed E-state index contributed by atoms with van der Waals surface area (Å²) in [6.45, 7) is 2.27. The number of ether oxygens (including phenoxy) is 1. The second-order valence-electron chi connectivity index (χ2n) is 14.6. The van der Waals surface area contributed by atoms with E-state index in [0.717, 1.165) is 58.3 Å². The molecule has 3 N–H and O–H groups in total. The van der Waals surface area contributed by atoms with Gasteiger partial charge in [-0.05, 0) is 62.1 Å². The van der Waals surface area contributed by atoms with Crippen molar-refractivity contribution in [3.8, 4) is 22.2 Å². The standard InChI is InChI=1S/C40H37F6N7O5S/c1-23-32(59-34(50-23)25-10-11-30(48-19-25)40(44,45)46)37(56)52-15-12-28(29(20-52)24-6-3-2-4-7-24)35(54)51-16-13-38(57,14-17-51)21-53-22-49-33(31(47)36(53)55)58-27-9-5-8-26(18-27)39(41,42)43/h2-11,18-19,22,28-29,57H,12-17,20-21,47H2,1H3/t28-,29+/m1/s1. The van der Waals surface area contributed by atoms with Gasteiger partial charge in [0.15, 0.2) is 5.69 Å². The number of alkyl halides is 6. The normalized spacial score (nSPS) is 18.4. The van der Waals surface area contributed by atoms with Gasteiger partial charge in [0.1, 0.15) is 27.7 Å². The number of hydrogen-bond donors (Lipinski definition) is 2. The van der Waals surface area contributed by atoms with Crippen LogP contribution in [-0.4, -0.2) is 78.0 Å². The minimum atomic E-state index is -4.61. The average molecular weight is 842 g/mol. The molecule has 2 atom stereocenters. The number of nitrogens with zero attached hydrogens (tertiary/aromatic N) is 6. The minimum absolute atomic E-state index is 0.113. The molecule has 2 aliphatic heterocycles. The Labute approximate surface area is 336 Å². The van der Waals surface area contributed by atoms with Gasteiger partial charge in [-0.1, -0.05) is 36.4 Å². The number of amides is 2. The summed E-state index contributed by atoms with van der Waals surface area (Å²) >= 11 is 1.06. The van der Waals surface area contributed by atoms with Crippen LogP contribution in [0.3, 0.4) is 0 Å². The van der Waals surface area contributed by atoms with E-state index in [1.807, 2.05) is 30.3 Å². The van der Waals surface area contributed by atoms with Gasteiger partial charge in [-0.15, -0.1) is 11.3 Å². The molecule has 0 bridgehead atoms. The van der Waals surface area contributed by atoms with Gasteiger partial charge >= 0.3 is 12.4 Å². The lowest BCUT2D eigenvalue weighted by Gasteiger charge is -2.43. The highest BCUT2D eigenvalue weighted by Gasteiger charge is 2.42. The van der Waals surface area contributed by atoms with Gasteiger partial charge in [0.25, 0.3) is 11.5 Å². The highest BCUT2D eigenvalue weighted by Crippen LogP contribution is 2.38. The fourth-order valence-corrected chi connectivity index (χ4v) is 8.43. The van der Waals surface area contributed by atoms with Gasteiger partial charge in [0, 0.05) is 49.8 Å². The van der Waals surface area contributed by atoms with E-state index in [2.05, 4.69) is 15.0 Å². The maximum absolute atomic E-state index is 14.2. The molecule has 0 aliphatic carbocycles. The Morgan fingerprint density at radius 2 is 1.68 bits per heavy atom. The summed E-state index contributed by atoms with van der Waals surface area (Å²) in [6, 6.07) is 15.5. The molecule has 19 heteroatoms. The number of anilines is 1. The largest absolute Gasteiger partial charge is 0.437 e. The van der Waals surface area contributed by atoms with Crippen molar-refractivity contribution in [2.75, 3.05) is 31.9 Å². The number of benzene rings is 2. The molecular weight excluding hydrogens is 805 g/mol. The molecule has 2 fully saturated rings. The number of nitrogen functional groups attached to an aromatic ring is 1. The summed E-state index contributed by atoms with van der Waals surface area (Å²) in [6.07, 6.45) is -6.46. The first kappa shape index (κ1) is 41.3. The van der Waals surface area contributed by atoms with Gasteiger partial charge in [-0.3, -0.25) is 23.9 Å². The molecule has 7 rings (SSSR count). The lowest BCUT2D eigenvalue weighted by molar-refractivity contribution is -0.142. The Morgan fingerprint density at radius 1 is 0.949 bits per heavy atom. The van der Waals surface area contributed by atoms with E-state index in [0.29, 0.717) is 27.6 Å². The third-order valence-electron chi connectivity index (χ3n) is 10.6. The lowest BCUT2D eigenvalue weighted by Crippen LogP contribution is -2.53. The predicted octanol–water partition coefficient (Wildman–Crippen LogP) is 6.78. The highest BCUT2D eigenvalue weighted by molar-refractivity contribution is 7.17. The van der Waals surface area contributed by atoms with Crippen molar-refractivity contribution in [2.45, 2.75) is 56.6 Å². The molecule has 0 radical (unpaired) electrons. The first-order valence-electron chi connectivity index (χ1n) is 18.5. The second-order valence-corrected chi connectivity index (χ2v) is 15.6. The van der Waals surface area contributed by atoms with E-state index >= 15 is 0 Å². The van der Waals surface area contributed by atoms with Crippen LogP contribution in [0.5, 0.6) is 11.6 Å². The first-order chi connectivity index (χ1) is 27.9. The SMILES string of the molecule is Cc1nc(-c2ccc(C(F)(F)F)nc2)sc1C(=O)N1CC[C@@H](C(=O)N2CCC(O)(Cn3cnc(Oc4cccc(C(F)(F)F)c4)c(N)c3=O)CC2)[C@H](c2ccccc2)C1. The van der Waals surface area contributed by atoms with Crippen LogP contribution in [0.2, 0.25) is 0 Å². The monoisotopic (exact) mass is 841 g/mol. The van der Waals surface area contributed by atoms with E-state index < -0.39 is 46.4 Å². The number of aliphatic hydroxyl groups is 1. The summed E-state index contributed by atoms with van der Waals surface area (Å²) < 4.78 is 85.1. The van der Waals surface area contributed by atoms with E-state index in [-0.39, 0.29) is 74.9 Å². The lowest BCUT2D eigenvalue weighted by atomic mass is 9.79. The fraction of sp³-hybridized carbons (Fsp3) is 0.350. The Bertz CT molecular complexity index is 2400. The minimum Gasteiger partial charge on any atom is -0.437 e. The van der Waals surface area contributed by atoms with E-state index in [1.165, 1.54) is 12.1 Å². The highest BCUT2D eigenvalue weighted by atomic mass is 32.1. The molecule has 2 amide bonds. The van der Waals surface area contributed by atoms with Crippen molar-refractivity contribution in [3.05, 3.63) is 117 Å². The van der Waals surface area contributed by atoms with E-state index in [9.17, 15) is 45.8 Å². The number of halogens is 6. The van der Waals surface area contributed by atoms with Crippen molar-refractivity contribution >= 4 is 28.8 Å². The summed E-state index contributed by atoms with van der Waals surface area (Å²) in [4.78, 5) is 57.0. The van der Waals surface area contributed by atoms with Gasteiger partial charge < -0.3 is 25.4 Å². The third kappa shape index (κ3) is 8.95. The van der Waals surface area contributed by atoms with Gasteiger partial charge in [-0.2, -0.15) is 26.3 Å². The summed E-state index contributed by atoms with van der Waals surface area (Å²) in [5.41, 5.74) is 2.98. The summed E-state index contributed by atoms with van der Waals surface area (Å²) in [7, 11) is 0. The molecule has 2 aromatic carbocycles. The van der Waals surface area contributed by atoms with Crippen LogP contribution < -0.4 is 16.0 Å². The Morgan fingerprint density at radius 3 is 2.34 bits per heavy atom. The number of likely N-dealkylation sites (tertiary alicyclic amines) is 2. The van der Waals surface area contributed by atoms with Crippen molar-refractivity contribution < 1.29 is 45.8 Å². The molecule has 0 saturated carbocycles. The number of thiazole rings is 1. The number of carbonyl (C=O) groups is 2. The number of nitrogens with two attached hydrogens (primary N) is 1. The smallest absolute Gasteiger partial charge is 0.433 e. The van der Waals surface area contributed by atoms with Gasteiger partial charge in [0.05, 0.1) is 23.4 Å². The van der Waals surface area contributed by atoms with Crippen LogP contribution in [0, 0.1) is 12.8 Å². The molecule has 2 aliphatic rings. The zero-order valence-electron chi connectivity index (χ0n) is 31.3. The molecule has 0 unspecified atom stereocenters. The molecule has 12 nitrogen and oxygen atoms in total. The van der Waals surface area contributed by atoms with E-state index in [1.54, 1.807) is 16.7 Å². The van der Waals surface area contributed by atoms with E-state index in [4.69, 9.17) is 10.5 Å². The summed E-state index contributed by atoms with van der Waals surface area (Å²) in [5.74, 6) is -1.93. The van der Waals surface area contributed by atoms with Crippen molar-refractivity contribution in [2.24, 2.45) is 5.92 Å². The number of hydrogen-bond acceptors (Lipinski definition) is 10. The maximum Gasteiger partial charge on any atom is 0.433 e. The third-order valence-corrected chi connectivity index (χ3v) is 11.8. The maximum atomic E-state index is 14.2. The quantitative estimate of drug-likeness (QED) is 0.161. The van der Waals surface area contributed by atoms with Crippen LogP contribution in [-0.2, 0) is 23.7 Å². The summed E-state index contributed by atoms with van der Waals surface area (Å²) in [5, 5.41) is 11.9. The number of piperidine rings is 2. The molecular formula is C40H37F6N7O5S. The first-order valence-corrected chi connectivity index (χ1v) is 19.3. The molecule has 5 heterocycles. The van der Waals surface area contributed by atoms with Crippen LogP contribution in [0.1, 0.15) is 57.4 Å². The Balaban J connectivity index is 1.01. The number of pyridine rings is 1. The zero-order valence-corrected chi connectivity index (χ0v) is 32.2. The second kappa shape index (κ2) is 16.1. The number of carbonyl (C=O) groups excluding carboxylic acids is 2. The molecule has 59 heavy (non-hydrogen) atoms. The number of aryl methyl sites for hydroxylation is 1. The molecule has 3 aromatic heterocycles. The van der Waals surface area contributed by atoms with Crippen LogP contribution in [0.4, 0.5) is 32.0 Å². The average Bonchev–Trinajstić information content (AvgIpc) is 3.61. The topological polar surface area (TPSA) is 157 Å². The number of aromatic nitrogens is 4. The van der Waals surface area contributed by atoms with Gasteiger partial charge in [-0.25, -0.2) is 9.97 Å². The molecule has 2 saturated heterocycles. The molecule has 0 spiro atoms. The predicted molar refractivity (Wildman–Crippen MR) is 203 cm³/mol. The molecule has 5 aromatic rings. The van der Waals surface area contributed by atoms with Crippen LogP contribution >= 0.6 is 11.3 Å². The van der Waals surface area contributed by atoms with Crippen LogP contribution in [0.15, 0.2) is 84.0 Å². The van der Waals surface area contributed by atoms with Crippen molar-refractivity contribution in [3.63, 3.8) is 0 Å². The Kier molecular flexibility index (Phi) is 11.3. The van der Waals surface area contributed by atoms with Crippen LogP contribution in [0.25, 0.3) is 10.6 Å². The van der Waals surface area contributed by atoms with Crippen molar-refractivity contribution in [1.82, 2.24) is 29.3 Å². The molecule has 310 valence electrons. The fourth-order valence-electron chi connectivity index (χ4n) is 7.40. The van der Waals surface area contributed by atoms with Gasteiger partial charge in [0.2, 0.25) is 11.8 Å². The van der Waals surface area contributed by atoms with Crippen molar-refractivity contribution in [1.29, 1.82) is 0 Å². The zero-order chi connectivity index (χ0) is 42.3.